The first-order valence-corrected chi connectivity index (χ1v) is 7.93. The van der Waals surface area contributed by atoms with Crippen LogP contribution < -0.4 is 15.6 Å². The fourth-order valence-corrected chi connectivity index (χ4v) is 2.30. The molecule has 0 fully saturated rings. The highest BCUT2D eigenvalue weighted by atomic mass is 79.9. The van der Waals surface area contributed by atoms with Crippen LogP contribution in [0.2, 0.25) is 0 Å². The van der Waals surface area contributed by atoms with Crippen molar-refractivity contribution in [2.45, 2.75) is 13.0 Å². The number of hydrogen-bond donors (Lipinski definition) is 2. The van der Waals surface area contributed by atoms with E-state index in [0.717, 1.165) is 0 Å². The van der Waals surface area contributed by atoms with Crippen LogP contribution in [0.3, 0.4) is 0 Å². The highest BCUT2D eigenvalue weighted by molar-refractivity contribution is 9.10. The van der Waals surface area contributed by atoms with E-state index >= 15 is 0 Å². The zero-order valence-electron chi connectivity index (χ0n) is 13.1. The van der Waals surface area contributed by atoms with Crippen molar-refractivity contribution in [1.29, 1.82) is 0 Å². The van der Waals surface area contributed by atoms with Gasteiger partial charge in [-0.05, 0) is 47.1 Å². The maximum atomic E-state index is 12.0. The average Bonchev–Trinajstić information content (AvgIpc) is 2.60. The molecule has 2 aromatic rings. The van der Waals surface area contributed by atoms with Gasteiger partial charge in [0.05, 0.1) is 10.5 Å². The number of nitrogens with one attached hydrogen (secondary N) is 2. The van der Waals surface area contributed by atoms with Crippen molar-refractivity contribution in [3.05, 3.63) is 68.7 Å². The average molecular weight is 408 g/mol. The number of carbonyl (C=O) groups is 2. The molecule has 1 unspecified atom stereocenters. The van der Waals surface area contributed by atoms with E-state index in [2.05, 4.69) is 26.8 Å². The fraction of sp³-hybridized carbons (Fsp3) is 0.125. The standard InChI is InChI=1S/C16H14BrN3O5/c1-10(25-12-8-6-11(7-9-12)20(23)24)15(21)18-19-16(22)13-4-2-3-5-14(13)17/h2-10H,1H3,(H,18,21)(H,19,22). The first-order valence-electron chi connectivity index (χ1n) is 7.14. The quantitative estimate of drug-likeness (QED) is 0.584. The van der Waals surface area contributed by atoms with E-state index in [1.54, 1.807) is 24.3 Å². The number of ether oxygens (including phenoxy) is 1. The van der Waals surface area contributed by atoms with E-state index in [1.165, 1.54) is 31.2 Å². The third kappa shape index (κ3) is 5.01. The van der Waals surface area contributed by atoms with E-state index < -0.39 is 22.8 Å². The summed E-state index contributed by atoms with van der Waals surface area (Å²) >= 11 is 3.25. The Morgan fingerprint density at radius 2 is 1.76 bits per heavy atom. The lowest BCUT2D eigenvalue weighted by Gasteiger charge is -2.15. The number of nitro groups is 1. The van der Waals surface area contributed by atoms with Gasteiger partial charge >= 0.3 is 0 Å². The molecule has 0 aliphatic rings. The second kappa shape index (κ2) is 8.25. The maximum Gasteiger partial charge on any atom is 0.279 e. The summed E-state index contributed by atoms with van der Waals surface area (Å²) < 4.78 is 5.97. The third-order valence-electron chi connectivity index (χ3n) is 3.15. The lowest BCUT2D eigenvalue weighted by molar-refractivity contribution is -0.384. The molecule has 0 aromatic heterocycles. The Bertz CT molecular complexity index is 795. The van der Waals surface area contributed by atoms with Crippen molar-refractivity contribution in [2.75, 3.05) is 0 Å². The molecule has 0 saturated heterocycles. The van der Waals surface area contributed by atoms with Gasteiger partial charge in [-0.3, -0.25) is 30.6 Å². The summed E-state index contributed by atoms with van der Waals surface area (Å²) in [7, 11) is 0. The number of rotatable bonds is 5. The second-order valence-corrected chi connectivity index (χ2v) is 5.79. The van der Waals surface area contributed by atoms with Crippen molar-refractivity contribution in [2.24, 2.45) is 0 Å². The van der Waals surface area contributed by atoms with Gasteiger partial charge in [0.2, 0.25) is 0 Å². The van der Waals surface area contributed by atoms with Gasteiger partial charge in [0.15, 0.2) is 6.10 Å². The number of halogens is 1. The van der Waals surface area contributed by atoms with Gasteiger partial charge < -0.3 is 4.74 Å². The predicted octanol–water partition coefficient (Wildman–Crippen LogP) is 2.59. The van der Waals surface area contributed by atoms with Gasteiger partial charge in [-0.1, -0.05) is 12.1 Å². The second-order valence-electron chi connectivity index (χ2n) is 4.93. The van der Waals surface area contributed by atoms with Crippen LogP contribution in [-0.4, -0.2) is 22.8 Å². The van der Waals surface area contributed by atoms with Crippen LogP contribution >= 0.6 is 15.9 Å². The van der Waals surface area contributed by atoms with E-state index in [0.29, 0.717) is 15.8 Å². The molecule has 130 valence electrons. The summed E-state index contributed by atoms with van der Waals surface area (Å²) in [6, 6.07) is 12.1. The highest BCUT2D eigenvalue weighted by Gasteiger charge is 2.17. The molecule has 8 nitrogen and oxygen atoms in total. The summed E-state index contributed by atoms with van der Waals surface area (Å²) in [5.41, 5.74) is 4.85. The third-order valence-corrected chi connectivity index (χ3v) is 3.84. The highest BCUT2D eigenvalue weighted by Crippen LogP contribution is 2.18. The van der Waals surface area contributed by atoms with E-state index in [1.807, 2.05) is 0 Å². The summed E-state index contributed by atoms with van der Waals surface area (Å²) in [5, 5.41) is 10.6. The number of non-ortho nitro benzene ring substituents is 1. The molecule has 0 heterocycles. The first kappa shape index (κ1) is 18.4. The SMILES string of the molecule is CC(Oc1ccc([N+](=O)[O-])cc1)C(=O)NNC(=O)c1ccccc1Br. The van der Waals surface area contributed by atoms with Crippen molar-refractivity contribution in [3.8, 4) is 5.75 Å². The molecule has 25 heavy (non-hydrogen) atoms. The van der Waals surface area contributed by atoms with Crippen LogP contribution in [0.15, 0.2) is 53.0 Å². The van der Waals surface area contributed by atoms with Crippen LogP contribution in [0, 0.1) is 10.1 Å². The van der Waals surface area contributed by atoms with Gasteiger partial charge in [-0.2, -0.15) is 0 Å². The summed E-state index contributed by atoms with van der Waals surface area (Å²) in [6.45, 7) is 1.49. The minimum atomic E-state index is -0.916. The Balaban J connectivity index is 1.89. The monoisotopic (exact) mass is 407 g/mol. The molecule has 0 aliphatic heterocycles. The number of carbonyl (C=O) groups excluding carboxylic acids is 2. The van der Waals surface area contributed by atoms with Crippen molar-refractivity contribution in [3.63, 3.8) is 0 Å². The summed E-state index contributed by atoms with van der Waals surface area (Å²) in [5.74, 6) is -0.757. The Morgan fingerprint density at radius 1 is 1.12 bits per heavy atom. The molecular weight excluding hydrogens is 394 g/mol. The van der Waals surface area contributed by atoms with Crippen molar-refractivity contribution >= 4 is 33.4 Å². The topological polar surface area (TPSA) is 111 Å². The molecule has 2 rings (SSSR count). The van der Waals surface area contributed by atoms with Gasteiger partial charge in [0.1, 0.15) is 5.75 Å². The minimum Gasteiger partial charge on any atom is -0.481 e. The lowest BCUT2D eigenvalue weighted by Crippen LogP contribution is -2.47. The lowest BCUT2D eigenvalue weighted by atomic mass is 10.2. The molecule has 1 atom stereocenters. The summed E-state index contributed by atoms with van der Waals surface area (Å²) in [6.07, 6.45) is -0.916. The Kier molecular flexibility index (Phi) is 6.07. The number of nitro benzene ring substituents is 1. The molecule has 0 spiro atoms. The van der Waals surface area contributed by atoms with Crippen molar-refractivity contribution < 1.29 is 19.2 Å². The van der Waals surface area contributed by atoms with Gasteiger partial charge in [-0.25, -0.2) is 0 Å². The van der Waals surface area contributed by atoms with E-state index in [4.69, 9.17) is 4.74 Å². The Morgan fingerprint density at radius 3 is 2.36 bits per heavy atom. The van der Waals surface area contributed by atoms with Crippen LogP contribution in [0.5, 0.6) is 5.75 Å². The van der Waals surface area contributed by atoms with Crippen LogP contribution in [0.1, 0.15) is 17.3 Å². The van der Waals surface area contributed by atoms with Crippen molar-refractivity contribution in [1.82, 2.24) is 10.9 Å². The smallest absolute Gasteiger partial charge is 0.279 e. The number of nitrogens with zero attached hydrogens (tertiary/aromatic N) is 1. The molecule has 0 radical (unpaired) electrons. The zero-order valence-corrected chi connectivity index (χ0v) is 14.6. The number of hydrogen-bond acceptors (Lipinski definition) is 5. The van der Waals surface area contributed by atoms with E-state index in [9.17, 15) is 19.7 Å². The van der Waals surface area contributed by atoms with Crippen LogP contribution in [0.4, 0.5) is 5.69 Å². The molecular formula is C16H14BrN3O5. The number of benzene rings is 2. The fourth-order valence-electron chi connectivity index (χ4n) is 1.84. The predicted molar refractivity (Wildman–Crippen MR) is 92.9 cm³/mol. The Labute approximate surface area is 151 Å². The maximum absolute atomic E-state index is 12.0. The molecule has 0 saturated carbocycles. The molecule has 9 heteroatoms. The summed E-state index contributed by atoms with van der Waals surface area (Å²) in [4.78, 5) is 34.0. The number of amides is 2. The van der Waals surface area contributed by atoms with Gasteiger partial charge in [0.25, 0.3) is 17.5 Å². The van der Waals surface area contributed by atoms with Crippen LogP contribution in [-0.2, 0) is 4.79 Å². The van der Waals surface area contributed by atoms with Crippen LogP contribution in [0.25, 0.3) is 0 Å². The Hall–Kier alpha value is -2.94. The molecule has 0 aliphatic carbocycles. The minimum absolute atomic E-state index is 0.0786. The van der Waals surface area contributed by atoms with Gasteiger partial charge in [0, 0.05) is 16.6 Å². The molecule has 2 amide bonds. The first-order chi connectivity index (χ1) is 11.9. The van der Waals surface area contributed by atoms with E-state index in [-0.39, 0.29) is 5.69 Å². The molecule has 2 aromatic carbocycles. The van der Waals surface area contributed by atoms with Gasteiger partial charge in [-0.15, -0.1) is 0 Å². The number of hydrazine groups is 1. The zero-order chi connectivity index (χ0) is 18.4. The molecule has 2 N–H and O–H groups in total. The molecule has 0 bridgehead atoms. The largest absolute Gasteiger partial charge is 0.481 e. The normalized spacial score (nSPS) is 11.3.